The van der Waals surface area contributed by atoms with E-state index in [1.165, 1.54) is 0 Å². The number of benzene rings is 1. The predicted octanol–water partition coefficient (Wildman–Crippen LogP) is 1.80. The monoisotopic (exact) mass is 300 g/mol. The Bertz CT molecular complexity index is 836. The van der Waals surface area contributed by atoms with E-state index < -0.39 is 0 Å². The molecule has 3 rings (SSSR count). The first-order chi connectivity index (χ1) is 10.2. The van der Waals surface area contributed by atoms with Crippen LogP contribution in [0.2, 0.25) is 5.15 Å². The van der Waals surface area contributed by atoms with Gasteiger partial charge >= 0.3 is 0 Å². The Morgan fingerprint density at radius 1 is 1.29 bits per heavy atom. The van der Waals surface area contributed by atoms with Crippen LogP contribution in [0.3, 0.4) is 0 Å². The predicted molar refractivity (Wildman–Crippen MR) is 74.9 cm³/mol. The van der Waals surface area contributed by atoms with Crippen LogP contribution in [0, 0.1) is 11.3 Å². The molecule has 2 heterocycles. The van der Waals surface area contributed by atoms with Gasteiger partial charge in [-0.15, -0.1) is 5.10 Å². The van der Waals surface area contributed by atoms with E-state index in [2.05, 4.69) is 20.3 Å². The zero-order valence-corrected chi connectivity index (χ0v) is 11.7. The molecule has 0 amide bonds. The molecule has 7 nitrogen and oxygen atoms in total. The minimum Gasteiger partial charge on any atom is -0.497 e. The maximum Gasteiger partial charge on any atom is 0.235 e. The van der Waals surface area contributed by atoms with E-state index in [-0.39, 0.29) is 11.0 Å². The van der Waals surface area contributed by atoms with Gasteiger partial charge in [0, 0.05) is 0 Å². The first kappa shape index (κ1) is 13.3. The second-order valence-electron chi connectivity index (χ2n) is 4.22. The van der Waals surface area contributed by atoms with E-state index in [9.17, 15) is 0 Å². The number of nitrogens with zero attached hydrogens (tertiary/aromatic N) is 6. The first-order valence-corrected chi connectivity index (χ1v) is 6.39. The lowest BCUT2D eigenvalue weighted by molar-refractivity contribution is 0.414. The Morgan fingerprint density at radius 3 is 2.71 bits per heavy atom. The summed E-state index contributed by atoms with van der Waals surface area (Å²) in [4.78, 5) is 7.92. The van der Waals surface area contributed by atoms with E-state index in [0.29, 0.717) is 17.7 Å². The number of methoxy groups -OCH3 is 1. The van der Waals surface area contributed by atoms with Crippen LogP contribution >= 0.6 is 11.6 Å². The van der Waals surface area contributed by atoms with Crippen molar-refractivity contribution in [1.29, 1.82) is 5.26 Å². The molecule has 104 valence electrons. The molecule has 0 N–H and O–H groups in total. The third-order valence-electron chi connectivity index (χ3n) is 2.91. The fraction of sp³-hybridized carbons (Fsp3) is 0.154. The van der Waals surface area contributed by atoms with E-state index >= 15 is 0 Å². The van der Waals surface area contributed by atoms with Gasteiger partial charge in [-0.05, 0) is 17.7 Å². The van der Waals surface area contributed by atoms with Gasteiger partial charge in [0.25, 0.3) is 0 Å². The SMILES string of the molecule is COc1ccc(Cn2nnc3c(Cl)nc(C#N)nc32)cc1. The number of rotatable bonds is 3. The summed E-state index contributed by atoms with van der Waals surface area (Å²) in [6, 6.07) is 9.41. The summed E-state index contributed by atoms with van der Waals surface area (Å²) < 4.78 is 6.69. The molecular formula is C13H9ClN6O. The minimum atomic E-state index is -0.00854. The van der Waals surface area contributed by atoms with Gasteiger partial charge in [0.15, 0.2) is 16.3 Å². The van der Waals surface area contributed by atoms with Crippen LogP contribution in [0.25, 0.3) is 11.2 Å². The summed E-state index contributed by atoms with van der Waals surface area (Å²) in [6.45, 7) is 0.457. The van der Waals surface area contributed by atoms with E-state index in [1.54, 1.807) is 11.8 Å². The third-order valence-corrected chi connectivity index (χ3v) is 3.18. The summed E-state index contributed by atoms with van der Waals surface area (Å²) in [5, 5.41) is 17.0. The van der Waals surface area contributed by atoms with Crippen LogP contribution < -0.4 is 4.74 Å². The lowest BCUT2D eigenvalue weighted by atomic mass is 10.2. The fourth-order valence-electron chi connectivity index (χ4n) is 1.88. The Balaban J connectivity index is 2.00. The second kappa shape index (κ2) is 5.34. The van der Waals surface area contributed by atoms with Crippen LogP contribution in [-0.4, -0.2) is 32.1 Å². The number of ether oxygens (including phenoxy) is 1. The maximum absolute atomic E-state index is 8.90. The molecule has 0 aliphatic heterocycles. The second-order valence-corrected chi connectivity index (χ2v) is 4.58. The number of hydrogen-bond acceptors (Lipinski definition) is 6. The molecule has 0 saturated carbocycles. The molecule has 0 bridgehead atoms. The lowest BCUT2D eigenvalue weighted by Crippen LogP contribution is -2.04. The molecule has 0 atom stereocenters. The van der Waals surface area contributed by atoms with Crippen LogP contribution in [0.1, 0.15) is 11.4 Å². The number of hydrogen-bond donors (Lipinski definition) is 0. The van der Waals surface area contributed by atoms with Crippen molar-refractivity contribution >= 4 is 22.8 Å². The quantitative estimate of drug-likeness (QED) is 0.685. The third kappa shape index (κ3) is 2.49. The van der Waals surface area contributed by atoms with E-state index in [1.807, 2.05) is 30.3 Å². The highest BCUT2D eigenvalue weighted by atomic mass is 35.5. The summed E-state index contributed by atoms with van der Waals surface area (Å²) in [5.74, 6) is 0.769. The van der Waals surface area contributed by atoms with Crippen LogP contribution in [0.4, 0.5) is 0 Å². The van der Waals surface area contributed by atoms with Crippen LogP contribution in [0.15, 0.2) is 24.3 Å². The molecule has 0 fully saturated rings. The van der Waals surface area contributed by atoms with Gasteiger partial charge < -0.3 is 4.74 Å². The highest BCUT2D eigenvalue weighted by Crippen LogP contribution is 2.19. The van der Waals surface area contributed by atoms with Crippen LogP contribution in [0.5, 0.6) is 5.75 Å². The number of halogens is 1. The molecule has 2 aromatic heterocycles. The normalized spacial score (nSPS) is 10.5. The van der Waals surface area contributed by atoms with E-state index in [0.717, 1.165) is 11.3 Å². The molecule has 21 heavy (non-hydrogen) atoms. The number of aromatic nitrogens is 5. The topological polar surface area (TPSA) is 89.5 Å². The maximum atomic E-state index is 8.90. The summed E-state index contributed by atoms with van der Waals surface area (Å²) in [5.41, 5.74) is 1.81. The van der Waals surface area contributed by atoms with Gasteiger partial charge in [0.1, 0.15) is 11.8 Å². The Labute approximate surface area is 124 Å². The Kier molecular flexibility index (Phi) is 3.38. The van der Waals surface area contributed by atoms with Gasteiger partial charge in [0.2, 0.25) is 5.82 Å². The summed E-state index contributed by atoms with van der Waals surface area (Å²) in [7, 11) is 1.61. The number of nitriles is 1. The van der Waals surface area contributed by atoms with Crippen molar-refractivity contribution < 1.29 is 4.74 Å². The smallest absolute Gasteiger partial charge is 0.235 e. The highest BCUT2D eigenvalue weighted by molar-refractivity contribution is 6.33. The molecule has 8 heteroatoms. The Morgan fingerprint density at radius 2 is 2.05 bits per heavy atom. The van der Waals surface area contributed by atoms with Gasteiger partial charge in [-0.2, -0.15) is 10.2 Å². The van der Waals surface area contributed by atoms with E-state index in [4.69, 9.17) is 21.6 Å². The lowest BCUT2D eigenvalue weighted by Gasteiger charge is -2.04. The molecule has 0 radical (unpaired) electrons. The van der Waals surface area contributed by atoms with Gasteiger partial charge in [0.05, 0.1) is 13.7 Å². The fourth-order valence-corrected chi connectivity index (χ4v) is 2.09. The average Bonchev–Trinajstić information content (AvgIpc) is 2.91. The summed E-state index contributed by atoms with van der Waals surface area (Å²) >= 11 is 5.96. The molecule has 0 spiro atoms. The standard InChI is InChI=1S/C13H9ClN6O/c1-21-9-4-2-8(3-5-9)7-20-13-11(18-19-20)12(14)16-10(6-15)17-13/h2-5H,7H2,1H3. The number of fused-ring (bicyclic) bond motifs is 1. The van der Waals surface area contributed by atoms with Crippen molar-refractivity contribution in [3.8, 4) is 11.8 Å². The molecule has 0 saturated heterocycles. The van der Waals surface area contributed by atoms with Crippen molar-refractivity contribution in [3.63, 3.8) is 0 Å². The Hall–Kier alpha value is -2.72. The van der Waals surface area contributed by atoms with Gasteiger partial charge in [-0.1, -0.05) is 28.9 Å². The zero-order chi connectivity index (χ0) is 14.8. The van der Waals surface area contributed by atoms with Crippen molar-refractivity contribution in [2.24, 2.45) is 0 Å². The van der Waals surface area contributed by atoms with Crippen molar-refractivity contribution in [2.45, 2.75) is 6.54 Å². The van der Waals surface area contributed by atoms with Gasteiger partial charge in [-0.25, -0.2) is 9.67 Å². The molecule has 3 aromatic rings. The van der Waals surface area contributed by atoms with Gasteiger partial charge in [-0.3, -0.25) is 0 Å². The highest BCUT2D eigenvalue weighted by Gasteiger charge is 2.13. The molecule has 1 aromatic carbocycles. The molecule has 0 aliphatic rings. The zero-order valence-electron chi connectivity index (χ0n) is 11.0. The summed E-state index contributed by atoms with van der Waals surface area (Å²) in [6.07, 6.45) is 0. The molecule has 0 unspecified atom stereocenters. The molecular weight excluding hydrogens is 292 g/mol. The van der Waals surface area contributed by atoms with Crippen LogP contribution in [-0.2, 0) is 6.54 Å². The first-order valence-electron chi connectivity index (χ1n) is 6.01. The minimum absolute atomic E-state index is 0.00854. The van der Waals surface area contributed by atoms with Crippen molar-refractivity contribution in [2.75, 3.05) is 7.11 Å². The largest absolute Gasteiger partial charge is 0.497 e. The van der Waals surface area contributed by atoms with Crippen molar-refractivity contribution in [1.82, 2.24) is 25.0 Å². The average molecular weight is 301 g/mol. The molecule has 0 aliphatic carbocycles. The van der Waals surface area contributed by atoms with Crippen molar-refractivity contribution in [3.05, 3.63) is 40.8 Å².